The van der Waals surface area contributed by atoms with E-state index in [1.54, 1.807) is 23.6 Å². The fourth-order valence-electron chi connectivity index (χ4n) is 2.56. The van der Waals surface area contributed by atoms with Gasteiger partial charge in [-0.05, 0) is 69.9 Å². The van der Waals surface area contributed by atoms with E-state index < -0.39 is 15.6 Å². The second kappa shape index (κ2) is 5.66. The zero-order chi connectivity index (χ0) is 15.0. The molecule has 1 heterocycles. The van der Waals surface area contributed by atoms with Crippen molar-refractivity contribution in [3.05, 3.63) is 50.1 Å². The Hall–Kier alpha value is -0.980. The lowest BCUT2D eigenvalue weighted by Crippen LogP contribution is -2.16. The van der Waals surface area contributed by atoms with Crippen LogP contribution in [0.5, 0.6) is 0 Å². The van der Waals surface area contributed by atoms with Crippen LogP contribution >= 0.6 is 27.3 Å². The zero-order valence-corrected chi connectivity index (χ0v) is 14.4. The Morgan fingerprint density at radius 3 is 2.67 bits per heavy atom. The maximum absolute atomic E-state index is 12.4. The molecular weight excluding hydrogens is 372 g/mol. The molecule has 21 heavy (non-hydrogen) atoms. The number of ketones is 1. The summed E-state index contributed by atoms with van der Waals surface area (Å²) in [5.41, 5.74) is 2.32. The number of hydrogen-bond donors (Lipinski definition) is 0. The largest absolute Gasteiger partial charge is 0.292 e. The summed E-state index contributed by atoms with van der Waals surface area (Å²) in [7, 11) is -3.59. The Kier molecular flexibility index (Phi) is 4.03. The van der Waals surface area contributed by atoms with Crippen LogP contribution in [0.4, 0.5) is 0 Å². The third kappa shape index (κ3) is 2.98. The molecule has 0 radical (unpaired) electrons. The van der Waals surface area contributed by atoms with Gasteiger partial charge in [-0.15, -0.1) is 11.3 Å². The Balaban J connectivity index is 1.87. The number of carbonyl (C=O) groups is 1. The second-order valence-corrected chi connectivity index (χ2v) is 8.82. The molecule has 0 aliphatic heterocycles. The normalized spacial score (nSPS) is 14.1. The highest BCUT2D eigenvalue weighted by molar-refractivity contribution is 9.10. The van der Waals surface area contributed by atoms with E-state index >= 15 is 0 Å². The molecule has 110 valence electrons. The van der Waals surface area contributed by atoms with Gasteiger partial charge in [0.25, 0.3) is 0 Å². The SMILES string of the molecule is O=C(CS(=O)(=O)c1ccc2c(c1)CCC2)c1sccc1Br. The Morgan fingerprint density at radius 2 is 1.95 bits per heavy atom. The van der Waals surface area contributed by atoms with Crippen LogP contribution in [0.2, 0.25) is 0 Å². The van der Waals surface area contributed by atoms with Crippen LogP contribution in [0.1, 0.15) is 27.2 Å². The molecular formula is C15H13BrO3S2. The summed E-state index contributed by atoms with van der Waals surface area (Å²) in [6, 6.07) is 6.98. The summed E-state index contributed by atoms with van der Waals surface area (Å²) >= 11 is 4.52. The molecule has 1 aromatic heterocycles. The topological polar surface area (TPSA) is 51.2 Å². The van der Waals surface area contributed by atoms with E-state index in [0.717, 1.165) is 24.8 Å². The van der Waals surface area contributed by atoms with Gasteiger partial charge in [0.1, 0.15) is 5.75 Å². The van der Waals surface area contributed by atoms with Crippen LogP contribution in [0.3, 0.4) is 0 Å². The predicted octanol–water partition coefficient (Wildman–Crippen LogP) is 3.66. The minimum absolute atomic E-state index is 0.254. The van der Waals surface area contributed by atoms with E-state index in [-0.39, 0.29) is 10.7 Å². The van der Waals surface area contributed by atoms with Gasteiger partial charge < -0.3 is 0 Å². The number of hydrogen-bond acceptors (Lipinski definition) is 4. The van der Waals surface area contributed by atoms with Crippen molar-refractivity contribution in [1.82, 2.24) is 0 Å². The highest BCUT2D eigenvalue weighted by Crippen LogP contribution is 2.27. The number of benzene rings is 1. The summed E-state index contributed by atoms with van der Waals surface area (Å²) in [4.78, 5) is 12.9. The van der Waals surface area contributed by atoms with Crippen LogP contribution in [0.25, 0.3) is 0 Å². The number of fused-ring (bicyclic) bond motifs is 1. The van der Waals surface area contributed by atoms with E-state index in [1.807, 2.05) is 6.07 Å². The lowest BCUT2D eigenvalue weighted by Gasteiger charge is -2.06. The first-order valence-corrected chi connectivity index (χ1v) is 9.90. The average Bonchev–Trinajstić information content (AvgIpc) is 3.05. The number of thiophene rings is 1. The van der Waals surface area contributed by atoms with Gasteiger partial charge in [0.15, 0.2) is 15.6 Å². The van der Waals surface area contributed by atoms with E-state index in [2.05, 4.69) is 15.9 Å². The monoisotopic (exact) mass is 384 g/mol. The number of carbonyl (C=O) groups excluding carboxylic acids is 1. The van der Waals surface area contributed by atoms with E-state index in [1.165, 1.54) is 16.9 Å². The average molecular weight is 385 g/mol. The summed E-state index contributed by atoms with van der Waals surface area (Å²) in [5.74, 6) is -0.845. The smallest absolute Gasteiger partial charge is 0.189 e. The summed E-state index contributed by atoms with van der Waals surface area (Å²) in [6.45, 7) is 0. The molecule has 0 amide bonds. The maximum Gasteiger partial charge on any atom is 0.189 e. The predicted molar refractivity (Wildman–Crippen MR) is 86.9 cm³/mol. The number of rotatable bonds is 4. The van der Waals surface area contributed by atoms with E-state index in [4.69, 9.17) is 0 Å². The van der Waals surface area contributed by atoms with Crippen molar-refractivity contribution in [2.45, 2.75) is 24.2 Å². The molecule has 2 aromatic rings. The van der Waals surface area contributed by atoms with Crippen molar-refractivity contribution in [2.75, 3.05) is 5.75 Å². The molecule has 0 fully saturated rings. The van der Waals surface area contributed by atoms with E-state index in [0.29, 0.717) is 9.35 Å². The van der Waals surface area contributed by atoms with Crippen molar-refractivity contribution in [3.63, 3.8) is 0 Å². The van der Waals surface area contributed by atoms with Crippen molar-refractivity contribution in [3.8, 4) is 0 Å². The molecule has 6 heteroatoms. The fraction of sp³-hybridized carbons (Fsp3) is 0.267. The van der Waals surface area contributed by atoms with Crippen molar-refractivity contribution in [1.29, 1.82) is 0 Å². The molecule has 1 aromatic carbocycles. The molecule has 0 unspecified atom stereocenters. The minimum atomic E-state index is -3.59. The molecule has 1 aliphatic rings. The van der Waals surface area contributed by atoms with Gasteiger partial charge in [0, 0.05) is 4.47 Å². The van der Waals surface area contributed by atoms with Gasteiger partial charge in [0.2, 0.25) is 0 Å². The molecule has 0 saturated heterocycles. The van der Waals surface area contributed by atoms with Crippen LogP contribution in [0, 0.1) is 0 Å². The van der Waals surface area contributed by atoms with Crippen LogP contribution in [-0.4, -0.2) is 20.0 Å². The molecule has 1 aliphatic carbocycles. The summed E-state index contributed by atoms with van der Waals surface area (Å²) in [6.07, 6.45) is 3.00. The van der Waals surface area contributed by atoms with Gasteiger partial charge in [-0.25, -0.2) is 8.42 Å². The number of halogens is 1. The Labute approximate surface area is 136 Å². The van der Waals surface area contributed by atoms with E-state index in [9.17, 15) is 13.2 Å². The number of sulfone groups is 1. The van der Waals surface area contributed by atoms with Crippen LogP contribution in [-0.2, 0) is 22.7 Å². The van der Waals surface area contributed by atoms with Crippen molar-refractivity contribution < 1.29 is 13.2 Å². The van der Waals surface area contributed by atoms with Crippen molar-refractivity contribution in [2.24, 2.45) is 0 Å². The number of aryl methyl sites for hydroxylation is 2. The van der Waals surface area contributed by atoms with Gasteiger partial charge in [0.05, 0.1) is 9.77 Å². The zero-order valence-electron chi connectivity index (χ0n) is 11.1. The molecule has 0 saturated carbocycles. The summed E-state index contributed by atoms with van der Waals surface area (Å²) in [5, 5.41) is 1.76. The molecule has 0 N–H and O–H groups in total. The summed E-state index contributed by atoms with van der Waals surface area (Å²) < 4.78 is 25.5. The highest BCUT2D eigenvalue weighted by atomic mass is 79.9. The lowest BCUT2D eigenvalue weighted by molar-refractivity contribution is 0.102. The molecule has 0 bridgehead atoms. The maximum atomic E-state index is 12.4. The molecule has 3 rings (SSSR count). The van der Waals surface area contributed by atoms with Gasteiger partial charge in [-0.1, -0.05) is 6.07 Å². The fourth-order valence-corrected chi connectivity index (χ4v) is 5.43. The highest BCUT2D eigenvalue weighted by Gasteiger charge is 2.24. The molecule has 0 spiro atoms. The third-order valence-electron chi connectivity index (χ3n) is 3.62. The first-order chi connectivity index (χ1) is 9.97. The quantitative estimate of drug-likeness (QED) is 0.755. The Morgan fingerprint density at radius 1 is 1.19 bits per heavy atom. The molecule has 3 nitrogen and oxygen atoms in total. The van der Waals surface area contributed by atoms with Gasteiger partial charge in [-0.3, -0.25) is 4.79 Å². The van der Waals surface area contributed by atoms with Crippen LogP contribution in [0.15, 0.2) is 39.0 Å². The first kappa shape index (κ1) is 14.9. The second-order valence-electron chi connectivity index (χ2n) is 5.06. The third-order valence-corrected chi connectivity index (χ3v) is 7.11. The van der Waals surface area contributed by atoms with Gasteiger partial charge >= 0.3 is 0 Å². The number of Topliss-reactive ketones (excluding diaryl/α,β-unsaturated/α-hetero) is 1. The Bertz CT molecular complexity index is 806. The lowest BCUT2D eigenvalue weighted by atomic mass is 10.1. The molecule has 0 atom stereocenters. The van der Waals surface area contributed by atoms with Crippen LogP contribution < -0.4 is 0 Å². The van der Waals surface area contributed by atoms with Crippen molar-refractivity contribution >= 4 is 42.9 Å². The first-order valence-electron chi connectivity index (χ1n) is 6.58. The minimum Gasteiger partial charge on any atom is -0.292 e. The van der Waals surface area contributed by atoms with Gasteiger partial charge in [-0.2, -0.15) is 0 Å². The standard InChI is InChI=1S/C15H13BrO3S2/c16-13-6-7-20-15(13)14(17)9-21(18,19)12-5-4-10-2-1-3-11(10)8-12/h4-8H,1-3,9H2.